The largest absolute Gasteiger partial charge is 0.480 e. The van der Waals surface area contributed by atoms with Gasteiger partial charge in [-0.25, -0.2) is 9.97 Å². The summed E-state index contributed by atoms with van der Waals surface area (Å²) in [5, 5.41) is 11.2. The van der Waals surface area contributed by atoms with E-state index in [0.29, 0.717) is 23.3 Å². The summed E-state index contributed by atoms with van der Waals surface area (Å²) in [6, 6.07) is 3.55. The second kappa shape index (κ2) is 5.81. The van der Waals surface area contributed by atoms with Crippen LogP contribution in [0.3, 0.4) is 0 Å². The van der Waals surface area contributed by atoms with Crippen molar-refractivity contribution in [3.8, 4) is 17.4 Å². The van der Waals surface area contributed by atoms with Crippen LogP contribution in [0.15, 0.2) is 12.1 Å². The third-order valence-corrected chi connectivity index (χ3v) is 3.03. The van der Waals surface area contributed by atoms with Gasteiger partial charge in [-0.2, -0.15) is 0 Å². The van der Waals surface area contributed by atoms with Crippen LogP contribution in [-0.4, -0.2) is 34.3 Å². The number of hydrogen-bond acceptors (Lipinski definition) is 6. The van der Waals surface area contributed by atoms with E-state index in [1.54, 1.807) is 19.2 Å². The molecule has 0 aliphatic carbocycles. The summed E-state index contributed by atoms with van der Waals surface area (Å²) in [5.41, 5.74) is 2.70. The number of rotatable bonds is 4. The van der Waals surface area contributed by atoms with Gasteiger partial charge in [-0.05, 0) is 18.9 Å². The van der Waals surface area contributed by atoms with Crippen molar-refractivity contribution in [1.29, 1.82) is 0 Å². The van der Waals surface area contributed by atoms with E-state index in [1.165, 1.54) is 0 Å². The Morgan fingerprint density at radius 1 is 1.15 bits per heavy atom. The van der Waals surface area contributed by atoms with Crippen LogP contribution in [0.4, 0.5) is 5.82 Å². The molecule has 2 aromatic rings. The van der Waals surface area contributed by atoms with Gasteiger partial charge in [-0.1, -0.05) is 13.8 Å². The van der Waals surface area contributed by atoms with Gasteiger partial charge in [0.25, 0.3) is 0 Å². The Kier molecular flexibility index (Phi) is 4.12. The Balaban J connectivity index is 2.49. The lowest BCUT2D eigenvalue weighted by atomic mass is 10.0. The number of nitrogens with one attached hydrogen (secondary N) is 1. The van der Waals surface area contributed by atoms with Crippen LogP contribution in [0, 0.1) is 6.92 Å². The Morgan fingerprint density at radius 3 is 2.40 bits per heavy atom. The standard InChI is InChI=1S/C14H19N5O/c1-8(2)12-9(3)16-13(17-14(12)15-4)10-6-7-11(20-5)19-18-10/h6-8H,1-5H3,(H,15,16,17). The predicted molar refractivity (Wildman–Crippen MR) is 78.0 cm³/mol. The van der Waals surface area contributed by atoms with E-state index in [-0.39, 0.29) is 0 Å². The number of aromatic nitrogens is 4. The molecule has 106 valence electrons. The van der Waals surface area contributed by atoms with Crippen LogP contribution in [0.2, 0.25) is 0 Å². The highest BCUT2D eigenvalue weighted by Gasteiger charge is 2.15. The Bertz CT molecular complexity index is 595. The van der Waals surface area contributed by atoms with Crippen molar-refractivity contribution in [1.82, 2.24) is 20.2 Å². The average Bonchev–Trinajstić information content (AvgIpc) is 2.46. The highest BCUT2D eigenvalue weighted by atomic mass is 16.5. The average molecular weight is 273 g/mol. The fraction of sp³-hybridized carbons (Fsp3) is 0.429. The number of aryl methyl sites for hydroxylation is 1. The van der Waals surface area contributed by atoms with Crippen molar-refractivity contribution in [2.45, 2.75) is 26.7 Å². The van der Waals surface area contributed by atoms with Gasteiger partial charge in [-0.3, -0.25) is 0 Å². The Hall–Kier alpha value is -2.24. The second-order valence-electron chi connectivity index (χ2n) is 4.76. The zero-order chi connectivity index (χ0) is 14.7. The Labute approximate surface area is 118 Å². The summed E-state index contributed by atoms with van der Waals surface area (Å²) in [6.45, 7) is 6.23. The van der Waals surface area contributed by atoms with Crippen LogP contribution < -0.4 is 10.1 Å². The summed E-state index contributed by atoms with van der Waals surface area (Å²) < 4.78 is 5.00. The molecule has 6 heteroatoms. The maximum atomic E-state index is 5.00. The van der Waals surface area contributed by atoms with Crippen molar-refractivity contribution in [3.05, 3.63) is 23.4 Å². The van der Waals surface area contributed by atoms with Crippen molar-refractivity contribution in [3.63, 3.8) is 0 Å². The molecule has 20 heavy (non-hydrogen) atoms. The molecule has 0 aliphatic rings. The molecule has 0 spiro atoms. The molecule has 0 saturated heterocycles. The zero-order valence-corrected chi connectivity index (χ0v) is 12.4. The maximum absolute atomic E-state index is 5.00. The van der Waals surface area contributed by atoms with E-state index in [0.717, 1.165) is 17.1 Å². The van der Waals surface area contributed by atoms with Gasteiger partial charge >= 0.3 is 0 Å². The monoisotopic (exact) mass is 273 g/mol. The van der Waals surface area contributed by atoms with Crippen LogP contribution >= 0.6 is 0 Å². The number of nitrogens with zero attached hydrogens (tertiary/aromatic N) is 4. The van der Waals surface area contributed by atoms with E-state index >= 15 is 0 Å². The molecule has 0 fully saturated rings. The molecule has 2 heterocycles. The third kappa shape index (κ3) is 2.68. The van der Waals surface area contributed by atoms with Gasteiger partial charge in [0.1, 0.15) is 11.5 Å². The third-order valence-electron chi connectivity index (χ3n) is 3.03. The first kappa shape index (κ1) is 14.2. The minimum Gasteiger partial charge on any atom is -0.480 e. The molecule has 2 rings (SSSR count). The summed E-state index contributed by atoms with van der Waals surface area (Å²) >= 11 is 0. The molecule has 0 amide bonds. The molecule has 6 nitrogen and oxygen atoms in total. The van der Waals surface area contributed by atoms with Gasteiger partial charge in [0.15, 0.2) is 5.82 Å². The van der Waals surface area contributed by atoms with Crippen molar-refractivity contribution in [2.75, 3.05) is 19.5 Å². The summed E-state index contributed by atoms with van der Waals surface area (Å²) in [4.78, 5) is 9.07. The predicted octanol–water partition coefficient (Wildman–Crippen LogP) is 2.42. The fourth-order valence-corrected chi connectivity index (χ4v) is 2.13. The topological polar surface area (TPSA) is 72.8 Å². The van der Waals surface area contributed by atoms with E-state index in [4.69, 9.17) is 4.74 Å². The van der Waals surface area contributed by atoms with Gasteiger partial charge in [-0.15, -0.1) is 10.2 Å². The Morgan fingerprint density at radius 2 is 1.90 bits per heavy atom. The zero-order valence-electron chi connectivity index (χ0n) is 12.4. The van der Waals surface area contributed by atoms with Gasteiger partial charge < -0.3 is 10.1 Å². The van der Waals surface area contributed by atoms with Crippen molar-refractivity contribution in [2.24, 2.45) is 0 Å². The van der Waals surface area contributed by atoms with Crippen LogP contribution in [-0.2, 0) is 0 Å². The summed E-state index contributed by atoms with van der Waals surface area (Å²) in [5.74, 6) is 2.22. The van der Waals surface area contributed by atoms with Crippen LogP contribution in [0.25, 0.3) is 11.5 Å². The molecule has 0 bridgehead atoms. The summed E-state index contributed by atoms with van der Waals surface area (Å²) in [7, 11) is 3.41. The molecule has 0 saturated carbocycles. The molecule has 0 aromatic carbocycles. The minimum atomic E-state index is 0.355. The molecule has 1 N–H and O–H groups in total. The first-order chi connectivity index (χ1) is 9.56. The molecule has 0 unspecified atom stereocenters. The minimum absolute atomic E-state index is 0.355. The fourth-order valence-electron chi connectivity index (χ4n) is 2.13. The molecular formula is C14H19N5O. The number of methoxy groups -OCH3 is 1. The lowest BCUT2D eigenvalue weighted by molar-refractivity contribution is 0.392. The summed E-state index contributed by atoms with van der Waals surface area (Å²) in [6.07, 6.45) is 0. The van der Waals surface area contributed by atoms with Crippen molar-refractivity contribution < 1.29 is 4.74 Å². The highest BCUT2D eigenvalue weighted by molar-refractivity contribution is 5.57. The maximum Gasteiger partial charge on any atom is 0.233 e. The molecule has 0 aliphatic heterocycles. The molecule has 2 aromatic heterocycles. The van der Waals surface area contributed by atoms with E-state index in [1.807, 2.05) is 14.0 Å². The SMILES string of the molecule is CNc1nc(-c2ccc(OC)nn2)nc(C)c1C(C)C. The normalized spacial score (nSPS) is 10.7. The lowest BCUT2D eigenvalue weighted by Crippen LogP contribution is -2.07. The molecule has 0 radical (unpaired) electrons. The first-order valence-electron chi connectivity index (χ1n) is 6.51. The van der Waals surface area contributed by atoms with E-state index in [9.17, 15) is 0 Å². The van der Waals surface area contributed by atoms with Crippen LogP contribution in [0.1, 0.15) is 31.0 Å². The highest BCUT2D eigenvalue weighted by Crippen LogP contribution is 2.27. The van der Waals surface area contributed by atoms with Gasteiger partial charge in [0.05, 0.1) is 7.11 Å². The molecule has 0 atom stereocenters. The lowest BCUT2D eigenvalue weighted by Gasteiger charge is -2.15. The second-order valence-corrected chi connectivity index (χ2v) is 4.76. The van der Waals surface area contributed by atoms with E-state index in [2.05, 4.69) is 39.3 Å². The number of hydrogen-bond donors (Lipinski definition) is 1. The number of ether oxygens (including phenoxy) is 1. The smallest absolute Gasteiger partial charge is 0.233 e. The molecular weight excluding hydrogens is 254 g/mol. The van der Waals surface area contributed by atoms with Gasteiger partial charge in [0.2, 0.25) is 5.88 Å². The first-order valence-corrected chi connectivity index (χ1v) is 6.51. The number of anilines is 1. The van der Waals surface area contributed by atoms with Gasteiger partial charge in [0, 0.05) is 24.4 Å². The van der Waals surface area contributed by atoms with Crippen molar-refractivity contribution >= 4 is 5.82 Å². The van der Waals surface area contributed by atoms with Crippen LogP contribution in [0.5, 0.6) is 5.88 Å². The quantitative estimate of drug-likeness (QED) is 0.922. The van der Waals surface area contributed by atoms with E-state index < -0.39 is 0 Å².